The first-order valence-corrected chi connectivity index (χ1v) is 7.32. The number of ether oxygens (including phenoxy) is 1. The summed E-state index contributed by atoms with van der Waals surface area (Å²) in [5.41, 5.74) is -0.258. The fourth-order valence-electron chi connectivity index (χ4n) is 3.91. The Labute approximate surface area is 122 Å². The van der Waals surface area contributed by atoms with Crippen molar-refractivity contribution in [2.24, 2.45) is 11.3 Å². The number of nitrogens with one attached hydrogen (secondary N) is 1. The van der Waals surface area contributed by atoms with Crippen LogP contribution in [0.2, 0.25) is 0 Å². The van der Waals surface area contributed by atoms with Gasteiger partial charge in [-0.25, -0.2) is 0 Å². The Kier molecular flexibility index (Phi) is 3.53. The van der Waals surface area contributed by atoms with E-state index in [1.54, 1.807) is 12.1 Å². The third-order valence-electron chi connectivity index (χ3n) is 4.94. The molecule has 3 atom stereocenters. The summed E-state index contributed by atoms with van der Waals surface area (Å²) in [5.74, 6) is 0.429. The lowest BCUT2D eigenvalue weighted by Crippen LogP contribution is -2.65. The summed E-state index contributed by atoms with van der Waals surface area (Å²) in [7, 11) is 0. The molecule has 1 aromatic rings. The predicted octanol–water partition coefficient (Wildman–Crippen LogP) is 3.61. The molecule has 0 radical (unpaired) electrons. The number of fused-ring (bicyclic) bond motifs is 1. The van der Waals surface area contributed by atoms with Gasteiger partial charge in [-0.2, -0.15) is 13.2 Å². The Bertz CT molecular complexity index is 526. The molecule has 1 saturated heterocycles. The average Bonchev–Trinajstić information content (AvgIpc) is 2.85. The molecule has 1 saturated carbocycles. The summed E-state index contributed by atoms with van der Waals surface area (Å²) < 4.78 is 44.7. The second-order valence-electron chi connectivity index (χ2n) is 6.58. The highest BCUT2D eigenvalue weighted by molar-refractivity contribution is 5.30. The molecule has 2 nitrogen and oxygen atoms in total. The van der Waals surface area contributed by atoms with Gasteiger partial charge in [-0.1, -0.05) is 32.0 Å². The van der Waals surface area contributed by atoms with Crippen molar-refractivity contribution in [1.29, 1.82) is 0 Å². The molecule has 0 aromatic heterocycles. The Balaban J connectivity index is 1.72. The molecule has 3 rings (SSSR count). The predicted molar refractivity (Wildman–Crippen MR) is 73.7 cm³/mol. The van der Waals surface area contributed by atoms with Crippen molar-refractivity contribution in [1.82, 2.24) is 5.32 Å². The van der Waals surface area contributed by atoms with Gasteiger partial charge in [0, 0.05) is 30.5 Å². The van der Waals surface area contributed by atoms with E-state index in [1.165, 1.54) is 6.07 Å². The monoisotopic (exact) mass is 299 g/mol. The average molecular weight is 299 g/mol. The van der Waals surface area contributed by atoms with Gasteiger partial charge in [0.2, 0.25) is 0 Å². The van der Waals surface area contributed by atoms with Gasteiger partial charge in [0.15, 0.2) is 0 Å². The highest BCUT2D eigenvalue weighted by atomic mass is 19.4. The summed E-state index contributed by atoms with van der Waals surface area (Å²) in [6.45, 7) is 5.24. The molecule has 1 aliphatic carbocycles. The van der Waals surface area contributed by atoms with Crippen molar-refractivity contribution < 1.29 is 17.9 Å². The third kappa shape index (κ3) is 2.46. The molecule has 0 amide bonds. The summed E-state index contributed by atoms with van der Waals surface area (Å²) in [5, 5.41) is 3.33. The molecule has 116 valence electrons. The van der Waals surface area contributed by atoms with Crippen LogP contribution in [0.25, 0.3) is 0 Å². The largest absolute Gasteiger partial charge is 0.416 e. The van der Waals surface area contributed by atoms with Gasteiger partial charge in [0.05, 0.1) is 11.7 Å². The summed E-state index contributed by atoms with van der Waals surface area (Å²) in [4.78, 5) is 0. The summed E-state index contributed by atoms with van der Waals surface area (Å²) in [6, 6.07) is 5.99. The van der Waals surface area contributed by atoms with Crippen LogP contribution in [0.15, 0.2) is 24.3 Å². The first-order valence-electron chi connectivity index (χ1n) is 7.32. The molecule has 2 aliphatic rings. The van der Waals surface area contributed by atoms with Gasteiger partial charge in [-0.3, -0.25) is 0 Å². The highest BCUT2D eigenvalue weighted by Gasteiger charge is 2.58. The van der Waals surface area contributed by atoms with Crippen LogP contribution in [0.5, 0.6) is 0 Å². The van der Waals surface area contributed by atoms with Crippen molar-refractivity contribution in [2.45, 2.75) is 45.1 Å². The number of halogens is 3. The van der Waals surface area contributed by atoms with Crippen molar-refractivity contribution in [2.75, 3.05) is 6.61 Å². The first kappa shape index (κ1) is 14.9. The van der Waals surface area contributed by atoms with Gasteiger partial charge < -0.3 is 10.1 Å². The standard InChI is InChI=1S/C16H20F3NO/c1-15(2)13(11-7-8-21-14(11)15)20-9-10-5-3-4-6-12(10)16(17,18)19/h3-6,11,13-14,20H,7-9H2,1-2H3. The molecule has 0 spiro atoms. The molecule has 1 aliphatic heterocycles. The molecule has 1 aromatic carbocycles. The number of rotatable bonds is 3. The number of benzene rings is 1. The molecule has 5 heteroatoms. The van der Waals surface area contributed by atoms with E-state index in [9.17, 15) is 13.2 Å². The quantitative estimate of drug-likeness (QED) is 0.920. The van der Waals surface area contributed by atoms with E-state index in [4.69, 9.17) is 4.74 Å². The van der Waals surface area contributed by atoms with E-state index in [1.807, 2.05) is 0 Å². The SMILES string of the molecule is CC1(C)C(NCc2ccccc2C(F)(F)F)C2CCOC21. The summed E-state index contributed by atoms with van der Waals surface area (Å²) in [6.07, 6.45) is -3.06. The topological polar surface area (TPSA) is 21.3 Å². The van der Waals surface area contributed by atoms with Gasteiger partial charge >= 0.3 is 6.18 Å². The maximum absolute atomic E-state index is 13.0. The summed E-state index contributed by atoms with van der Waals surface area (Å²) >= 11 is 0. The van der Waals surface area contributed by atoms with E-state index in [0.717, 1.165) is 19.1 Å². The fourth-order valence-corrected chi connectivity index (χ4v) is 3.91. The molecule has 2 fully saturated rings. The lowest BCUT2D eigenvalue weighted by atomic mass is 9.57. The number of hydrogen-bond donors (Lipinski definition) is 1. The fraction of sp³-hybridized carbons (Fsp3) is 0.625. The zero-order chi connectivity index (χ0) is 15.3. The zero-order valence-electron chi connectivity index (χ0n) is 12.2. The van der Waals surface area contributed by atoms with E-state index in [2.05, 4.69) is 19.2 Å². The van der Waals surface area contributed by atoms with Crippen LogP contribution < -0.4 is 5.32 Å². The zero-order valence-corrected chi connectivity index (χ0v) is 12.2. The van der Waals surface area contributed by atoms with E-state index in [0.29, 0.717) is 11.5 Å². The van der Waals surface area contributed by atoms with E-state index < -0.39 is 11.7 Å². The molecule has 1 N–H and O–H groups in total. The van der Waals surface area contributed by atoms with Crippen LogP contribution in [-0.2, 0) is 17.5 Å². The van der Waals surface area contributed by atoms with Gasteiger partial charge in [0.25, 0.3) is 0 Å². The van der Waals surface area contributed by atoms with Crippen LogP contribution in [0, 0.1) is 11.3 Å². The second-order valence-corrected chi connectivity index (χ2v) is 6.58. The van der Waals surface area contributed by atoms with Crippen LogP contribution in [0.1, 0.15) is 31.4 Å². The third-order valence-corrected chi connectivity index (χ3v) is 4.94. The van der Waals surface area contributed by atoms with Crippen molar-refractivity contribution >= 4 is 0 Å². The molecular weight excluding hydrogens is 279 g/mol. The van der Waals surface area contributed by atoms with Gasteiger partial charge in [-0.05, 0) is 18.1 Å². The Morgan fingerprint density at radius 1 is 1.29 bits per heavy atom. The minimum atomic E-state index is -4.30. The minimum Gasteiger partial charge on any atom is -0.377 e. The maximum atomic E-state index is 13.0. The van der Waals surface area contributed by atoms with Crippen molar-refractivity contribution in [3.63, 3.8) is 0 Å². The Morgan fingerprint density at radius 3 is 2.71 bits per heavy atom. The van der Waals surface area contributed by atoms with Crippen LogP contribution in [0.3, 0.4) is 0 Å². The molecule has 3 unspecified atom stereocenters. The van der Waals surface area contributed by atoms with Crippen LogP contribution >= 0.6 is 0 Å². The second kappa shape index (κ2) is 4.99. The van der Waals surface area contributed by atoms with Gasteiger partial charge in [0.1, 0.15) is 0 Å². The Morgan fingerprint density at radius 2 is 2.00 bits per heavy atom. The Hall–Kier alpha value is -1.07. The normalized spacial score (nSPS) is 30.8. The van der Waals surface area contributed by atoms with Crippen molar-refractivity contribution in [3.8, 4) is 0 Å². The minimum absolute atomic E-state index is 0.0195. The lowest BCUT2D eigenvalue weighted by molar-refractivity contribution is -0.138. The maximum Gasteiger partial charge on any atom is 0.416 e. The molecular formula is C16H20F3NO. The number of hydrogen-bond acceptors (Lipinski definition) is 2. The molecule has 1 heterocycles. The van der Waals surface area contributed by atoms with Crippen molar-refractivity contribution in [3.05, 3.63) is 35.4 Å². The van der Waals surface area contributed by atoms with E-state index in [-0.39, 0.29) is 24.1 Å². The highest BCUT2D eigenvalue weighted by Crippen LogP contribution is 2.52. The molecule has 21 heavy (non-hydrogen) atoms. The van der Waals surface area contributed by atoms with Crippen LogP contribution in [-0.4, -0.2) is 18.8 Å². The lowest BCUT2D eigenvalue weighted by Gasteiger charge is -2.55. The smallest absolute Gasteiger partial charge is 0.377 e. The van der Waals surface area contributed by atoms with Gasteiger partial charge in [-0.15, -0.1) is 0 Å². The molecule has 0 bridgehead atoms. The van der Waals surface area contributed by atoms with E-state index >= 15 is 0 Å². The number of alkyl halides is 3. The van der Waals surface area contributed by atoms with Crippen LogP contribution in [0.4, 0.5) is 13.2 Å². The first-order chi connectivity index (χ1) is 9.82.